The number of nitrogens with zero attached hydrogens (tertiary/aromatic N) is 1. The van der Waals surface area contributed by atoms with Gasteiger partial charge in [-0.25, -0.2) is 13.4 Å². The highest BCUT2D eigenvalue weighted by Gasteiger charge is 2.18. The quantitative estimate of drug-likeness (QED) is 0.545. The van der Waals surface area contributed by atoms with E-state index in [1.807, 2.05) is 24.3 Å². The maximum atomic E-state index is 12.5. The molecule has 2 N–H and O–H groups in total. The molecule has 0 fully saturated rings. The van der Waals surface area contributed by atoms with E-state index in [2.05, 4.69) is 35.8 Å². The van der Waals surface area contributed by atoms with Crippen molar-refractivity contribution in [1.29, 1.82) is 0 Å². The Morgan fingerprint density at radius 2 is 1.62 bits per heavy atom. The number of pyridine rings is 1. The molecule has 8 heteroatoms. The number of aromatic nitrogens is 1. The second-order valence-corrected chi connectivity index (χ2v) is 10.1. The number of ether oxygens (including phenoxy) is 1. The minimum Gasteiger partial charge on any atom is -0.481 e. The Morgan fingerprint density at radius 3 is 2.19 bits per heavy atom. The minimum atomic E-state index is -3.78. The Labute approximate surface area is 188 Å². The zero-order valence-electron chi connectivity index (χ0n) is 18.5. The van der Waals surface area contributed by atoms with E-state index in [0.29, 0.717) is 11.4 Å². The molecular formula is C24H27N3O4S. The Morgan fingerprint density at radius 1 is 0.969 bits per heavy atom. The third-order valence-corrected chi connectivity index (χ3v) is 6.11. The van der Waals surface area contributed by atoms with Crippen molar-refractivity contribution < 1.29 is 17.9 Å². The average Bonchev–Trinajstić information content (AvgIpc) is 2.74. The van der Waals surface area contributed by atoms with Crippen LogP contribution in [0.25, 0.3) is 0 Å². The third kappa shape index (κ3) is 6.07. The summed E-state index contributed by atoms with van der Waals surface area (Å²) in [5.41, 5.74) is 1.67. The van der Waals surface area contributed by atoms with Gasteiger partial charge in [0.05, 0.1) is 4.90 Å². The van der Waals surface area contributed by atoms with Crippen LogP contribution in [0.1, 0.15) is 33.3 Å². The zero-order chi connectivity index (χ0) is 23.4. The van der Waals surface area contributed by atoms with E-state index < -0.39 is 16.1 Å². The molecule has 1 aromatic heterocycles. The van der Waals surface area contributed by atoms with Gasteiger partial charge in [-0.3, -0.25) is 9.52 Å². The number of hydrogen-bond acceptors (Lipinski definition) is 5. The molecule has 1 amide bonds. The lowest BCUT2D eigenvalue weighted by Gasteiger charge is -2.20. The molecule has 7 nitrogen and oxygen atoms in total. The van der Waals surface area contributed by atoms with Gasteiger partial charge in [0.15, 0.2) is 6.10 Å². The number of hydrogen-bond donors (Lipinski definition) is 2. The number of nitrogens with one attached hydrogen (secondary N) is 2. The van der Waals surface area contributed by atoms with Crippen molar-refractivity contribution in [2.24, 2.45) is 0 Å². The topological polar surface area (TPSA) is 97.4 Å². The van der Waals surface area contributed by atoms with E-state index in [-0.39, 0.29) is 22.0 Å². The summed E-state index contributed by atoms with van der Waals surface area (Å²) in [6, 6.07) is 18.5. The average molecular weight is 454 g/mol. The van der Waals surface area contributed by atoms with Gasteiger partial charge < -0.3 is 10.1 Å². The molecule has 2 aromatic carbocycles. The lowest BCUT2D eigenvalue weighted by molar-refractivity contribution is -0.122. The van der Waals surface area contributed by atoms with Crippen LogP contribution in [0.2, 0.25) is 0 Å². The molecule has 0 saturated carbocycles. The molecule has 0 saturated heterocycles. The van der Waals surface area contributed by atoms with Gasteiger partial charge in [-0.15, -0.1) is 0 Å². The Kier molecular flexibility index (Phi) is 6.84. The molecular weight excluding hydrogens is 426 g/mol. The standard InChI is InChI=1S/C24H27N3O4S/c1-17(31-20-12-8-18(9-13-20)24(2,3)4)23(28)26-19-10-14-21(15-11-19)32(29,30)27-22-7-5-6-16-25-22/h5-17H,1-4H3,(H,25,27)(H,26,28)/t17-/m0/s1. The van der Waals surface area contributed by atoms with Crippen LogP contribution in [0.3, 0.4) is 0 Å². The molecule has 0 aliphatic carbocycles. The molecule has 3 rings (SSSR count). The van der Waals surface area contributed by atoms with Gasteiger partial charge in [0.2, 0.25) is 0 Å². The Hall–Kier alpha value is -3.39. The summed E-state index contributed by atoms with van der Waals surface area (Å²) < 4.78 is 33.1. The van der Waals surface area contributed by atoms with Crippen molar-refractivity contribution in [1.82, 2.24) is 4.98 Å². The predicted octanol–water partition coefficient (Wildman–Crippen LogP) is 4.59. The number of sulfonamides is 1. The van der Waals surface area contributed by atoms with Crippen molar-refractivity contribution in [3.8, 4) is 5.75 Å². The summed E-state index contributed by atoms with van der Waals surface area (Å²) in [7, 11) is -3.78. The molecule has 1 heterocycles. The maximum Gasteiger partial charge on any atom is 0.265 e. The van der Waals surface area contributed by atoms with Gasteiger partial charge >= 0.3 is 0 Å². The summed E-state index contributed by atoms with van der Waals surface area (Å²) >= 11 is 0. The molecule has 0 bridgehead atoms. The van der Waals surface area contributed by atoms with E-state index in [4.69, 9.17) is 4.74 Å². The fourth-order valence-corrected chi connectivity index (χ4v) is 3.88. The van der Waals surface area contributed by atoms with Gasteiger partial charge in [-0.05, 0) is 66.4 Å². The first-order valence-corrected chi connectivity index (χ1v) is 11.6. The second-order valence-electron chi connectivity index (χ2n) is 8.37. The predicted molar refractivity (Wildman–Crippen MR) is 125 cm³/mol. The van der Waals surface area contributed by atoms with Gasteiger partial charge in [-0.1, -0.05) is 39.0 Å². The van der Waals surface area contributed by atoms with E-state index in [1.54, 1.807) is 25.1 Å². The van der Waals surface area contributed by atoms with Crippen molar-refractivity contribution >= 4 is 27.4 Å². The number of amides is 1. The fraction of sp³-hybridized carbons (Fsp3) is 0.250. The van der Waals surface area contributed by atoms with Crippen molar-refractivity contribution in [3.63, 3.8) is 0 Å². The minimum absolute atomic E-state index is 0.0360. The Bertz CT molecular complexity index is 1150. The van der Waals surface area contributed by atoms with Crippen molar-refractivity contribution in [2.45, 2.75) is 44.1 Å². The van der Waals surface area contributed by atoms with Gasteiger partial charge in [0, 0.05) is 11.9 Å². The Balaban J connectivity index is 1.60. The SMILES string of the molecule is C[C@H](Oc1ccc(C(C)(C)C)cc1)C(=O)Nc1ccc(S(=O)(=O)Nc2ccccn2)cc1. The van der Waals surface area contributed by atoms with Crippen LogP contribution in [0.5, 0.6) is 5.75 Å². The summed E-state index contributed by atoms with van der Waals surface area (Å²) in [5, 5.41) is 2.73. The van der Waals surface area contributed by atoms with Gasteiger partial charge in [0.25, 0.3) is 15.9 Å². The first-order chi connectivity index (χ1) is 15.0. The smallest absolute Gasteiger partial charge is 0.265 e. The number of rotatable bonds is 7. The summed E-state index contributed by atoms with van der Waals surface area (Å²) in [4.78, 5) is 16.5. The van der Waals surface area contributed by atoms with Crippen LogP contribution >= 0.6 is 0 Å². The molecule has 1 atom stereocenters. The highest BCUT2D eigenvalue weighted by Crippen LogP contribution is 2.25. The highest BCUT2D eigenvalue weighted by atomic mass is 32.2. The van der Waals surface area contributed by atoms with Crippen molar-refractivity contribution in [2.75, 3.05) is 10.0 Å². The molecule has 3 aromatic rings. The maximum absolute atomic E-state index is 12.5. The van der Waals surface area contributed by atoms with E-state index in [9.17, 15) is 13.2 Å². The third-order valence-electron chi connectivity index (χ3n) is 4.74. The van der Waals surface area contributed by atoms with E-state index in [1.165, 1.54) is 36.0 Å². The van der Waals surface area contributed by atoms with Crippen LogP contribution in [0, 0.1) is 0 Å². The van der Waals surface area contributed by atoms with Crippen LogP contribution in [0.15, 0.2) is 77.8 Å². The van der Waals surface area contributed by atoms with E-state index in [0.717, 1.165) is 0 Å². The number of anilines is 2. The molecule has 0 radical (unpaired) electrons. The van der Waals surface area contributed by atoms with Crippen LogP contribution < -0.4 is 14.8 Å². The fourth-order valence-electron chi connectivity index (χ4n) is 2.87. The second kappa shape index (κ2) is 9.40. The molecule has 0 aliphatic heterocycles. The van der Waals surface area contributed by atoms with E-state index >= 15 is 0 Å². The summed E-state index contributed by atoms with van der Waals surface area (Å²) in [6.45, 7) is 8.04. The monoisotopic (exact) mass is 453 g/mol. The molecule has 0 aliphatic rings. The zero-order valence-corrected chi connectivity index (χ0v) is 19.3. The van der Waals surface area contributed by atoms with Crippen LogP contribution in [0.4, 0.5) is 11.5 Å². The van der Waals surface area contributed by atoms with Crippen LogP contribution in [-0.4, -0.2) is 25.4 Å². The lowest BCUT2D eigenvalue weighted by Crippen LogP contribution is -2.30. The normalized spacial score (nSPS) is 12.6. The highest BCUT2D eigenvalue weighted by molar-refractivity contribution is 7.92. The first kappa shape index (κ1) is 23.3. The number of carbonyl (C=O) groups excluding carboxylic acids is 1. The summed E-state index contributed by atoms with van der Waals surface area (Å²) in [5.74, 6) is 0.487. The summed E-state index contributed by atoms with van der Waals surface area (Å²) in [6.07, 6.45) is 0.767. The first-order valence-electron chi connectivity index (χ1n) is 10.2. The molecule has 0 spiro atoms. The van der Waals surface area contributed by atoms with Crippen LogP contribution in [-0.2, 0) is 20.2 Å². The van der Waals surface area contributed by atoms with Gasteiger partial charge in [-0.2, -0.15) is 0 Å². The molecule has 0 unspecified atom stereocenters. The van der Waals surface area contributed by atoms with Crippen molar-refractivity contribution in [3.05, 3.63) is 78.5 Å². The largest absolute Gasteiger partial charge is 0.481 e. The van der Waals surface area contributed by atoms with Gasteiger partial charge in [0.1, 0.15) is 11.6 Å². The lowest BCUT2D eigenvalue weighted by atomic mass is 9.87. The number of carbonyl (C=O) groups is 1. The molecule has 168 valence electrons. The molecule has 32 heavy (non-hydrogen) atoms. The number of benzene rings is 2.